The van der Waals surface area contributed by atoms with Gasteiger partial charge in [-0.15, -0.1) is 0 Å². The Morgan fingerprint density at radius 3 is 2.84 bits per heavy atom. The Morgan fingerprint density at radius 1 is 1.32 bits per heavy atom. The van der Waals surface area contributed by atoms with E-state index in [1.165, 1.54) is 18.7 Å². The zero-order valence-electron chi connectivity index (χ0n) is 18.1. The van der Waals surface area contributed by atoms with E-state index in [0.717, 1.165) is 36.6 Å². The SMILES string of the molecule is COc1cc(=O)n2c(c1C(=O)NCc1ccsc1)CCN(Cc1cn(C)nc1C)CC2. The van der Waals surface area contributed by atoms with Gasteiger partial charge in [0, 0.05) is 69.7 Å². The lowest BCUT2D eigenvalue weighted by atomic mass is 10.1. The van der Waals surface area contributed by atoms with Gasteiger partial charge in [-0.1, -0.05) is 0 Å². The number of methoxy groups -OCH3 is 1. The molecule has 4 rings (SSSR count). The van der Waals surface area contributed by atoms with Gasteiger partial charge in [-0.2, -0.15) is 16.4 Å². The van der Waals surface area contributed by atoms with Crippen molar-refractivity contribution in [3.63, 3.8) is 0 Å². The van der Waals surface area contributed by atoms with Crippen LogP contribution in [0.3, 0.4) is 0 Å². The number of nitrogens with zero attached hydrogens (tertiary/aromatic N) is 4. The largest absolute Gasteiger partial charge is 0.496 e. The highest BCUT2D eigenvalue weighted by atomic mass is 32.1. The van der Waals surface area contributed by atoms with Crippen molar-refractivity contribution in [3.05, 3.63) is 67.5 Å². The van der Waals surface area contributed by atoms with Crippen LogP contribution in [0.2, 0.25) is 0 Å². The minimum atomic E-state index is -0.219. The number of thiophene rings is 1. The van der Waals surface area contributed by atoms with E-state index in [0.29, 0.717) is 30.8 Å². The number of rotatable bonds is 6. The predicted octanol–water partition coefficient (Wildman–Crippen LogP) is 1.95. The summed E-state index contributed by atoms with van der Waals surface area (Å²) in [7, 11) is 3.41. The quantitative estimate of drug-likeness (QED) is 0.632. The van der Waals surface area contributed by atoms with Crippen LogP contribution in [0.5, 0.6) is 5.75 Å². The van der Waals surface area contributed by atoms with E-state index >= 15 is 0 Å². The smallest absolute Gasteiger partial charge is 0.257 e. The van der Waals surface area contributed by atoms with Crippen LogP contribution in [0.15, 0.2) is 33.9 Å². The van der Waals surface area contributed by atoms with Gasteiger partial charge in [0.05, 0.1) is 12.8 Å². The van der Waals surface area contributed by atoms with Gasteiger partial charge in [-0.3, -0.25) is 19.2 Å². The minimum absolute atomic E-state index is 0.138. The summed E-state index contributed by atoms with van der Waals surface area (Å²) in [6.45, 7) is 5.21. The number of hydrogen-bond acceptors (Lipinski definition) is 6. The summed E-state index contributed by atoms with van der Waals surface area (Å²) in [6, 6.07) is 3.40. The van der Waals surface area contributed by atoms with Crippen molar-refractivity contribution in [3.8, 4) is 5.75 Å². The summed E-state index contributed by atoms with van der Waals surface area (Å²) in [6.07, 6.45) is 2.62. The third kappa shape index (κ3) is 4.57. The number of carbonyl (C=O) groups excluding carboxylic acids is 1. The summed E-state index contributed by atoms with van der Waals surface area (Å²) in [5, 5.41) is 11.4. The van der Waals surface area contributed by atoms with E-state index in [-0.39, 0.29) is 11.5 Å². The number of fused-ring (bicyclic) bond motifs is 1. The van der Waals surface area contributed by atoms with Gasteiger partial charge in [-0.25, -0.2) is 0 Å². The molecular formula is C22H27N5O3S. The second kappa shape index (κ2) is 9.07. The lowest BCUT2D eigenvalue weighted by molar-refractivity contribution is 0.0945. The molecule has 0 fully saturated rings. The number of ether oxygens (including phenoxy) is 1. The monoisotopic (exact) mass is 441 g/mol. The molecule has 0 saturated heterocycles. The highest BCUT2D eigenvalue weighted by Crippen LogP contribution is 2.23. The van der Waals surface area contributed by atoms with E-state index in [4.69, 9.17) is 4.74 Å². The molecule has 0 aromatic carbocycles. The maximum absolute atomic E-state index is 13.1. The summed E-state index contributed by atoms with van der Waals surface area (Å²) in [4.78, 5) is 28.2. The molecule has 1 amide bonds. The fourth-order valence-corrected chi connectivity index (χ4v) is 4.73. The van der Waals surface area contributed by atoms with Gasteiger partial charge in [0.25, 0.3) is 11.5 Å². The van der Waals surface area contributed by atoms with Crippen LogP contribution < -0.4 is 15.6 Å². The molecule has 8 nitrogen and oxygen atoms in total. The van der Waals surface area contributed by atoms with Crippen molar-refractivity contribution < 1.29 is 9.53 Å². The van der Waals surface area contributed by atoms with Crippen molar-refractivity contribution in [2.75, 3.05) is 20.2 Å². The standard InChI is InChI=1S/C22H27N5O3S/c1-15-17(12-25(2)24-15)13-26-6-4-18-21(22(29)23-11-16-5-9-31-14-16)19(30-3)10-20(28)27(18)8-7-26/h5,9-10,12,14H,4,6-8,11,13H2,1-3H3,(H,23,29). The van der Waals surface area contributed by atoms with Gasteiger partial charge in [0.2, 0.25) is 0 Å². The average molecular weight is 442 g/mol. The highest BCUT2D eigenvalue weighted by molar-refractivity contribution is 7.07. The number of aryl methyl sites for hydroxylation is 2. The first kappa shape index (κ1) is 21.3. The van der Waals surface area contributed by atoms with Crippen LogP contribution in [0.1, 0.15) is 32.9 Å². The second-order valence-electron chi connectivity index (χ2n) is 7.78. The number of carbonyl (C=O) groups is 1. The third-order valence-electron chi connectivity index (χ3n) is 5.68. The van der Waals surface area contributed by atoms with E-state index in [2.05, 4.69) is 15.3 Å². The Bertz CT molecular complexity index is 1130. The van der Waals surface area contributed by atoms with Crippen LogP contribution >= 0.6 is 11.3 Å². The molecule has 0 radical (unpaired) electrons. The van der Waals surface area contributed by atoms with Crippen LogP contribution in [-0.2, 0) is 33.1 Å². The van der Waals surface area contributed by atoms with Gasteiger partial charge in [0.1, 0.15) is 11.3 Å². The van der Waals surface area contributed by atoms with Crippen LogP contribution in [0, 0.1) is 6.92 Å². The van der Waals surface area contributed by atoms with E-state index in [9.17, 15) is 9.59 Å². The normalized spacial score (nSPS) is 14.2. The molecule has 0 saturated carbocycles. The first-order valence-electron chi connectivity index (χ1n) is 10.3. The summed E-state index contributed by atoms with van der Waals surface area (Å²) in [5.41, 5.74) is 4.29. The average Bonchev–Trinajstić information content (AvgIpc) is 3.31. The molecule has 3 aromatic heterocycles. The van der Waals surface area contributed by atoms with Gasteiger partial charge in [-0.05, 0) is 29.3 Å². The molecule has 0 unspecified atom stereocenters. The zero-order valence-corrected chi connectivity index (χ0v) is 18.9. The Hall–Kier alpha value is -2.91. The molecule has 0 bridgehead atoms. The molecule has 31 heavy (non-hydrogen) atoms. The number of aromatic nitrogens is 3. The summed E-state index contributed by atoms with van der Waals surface area (Å²) in [5.74, 6) is 0.110. The fourth-order valence-electron chi connectivity index (χ4n) is 4.07. The number of nitrogens with one attached hydrogen (secondary N) is 1. The van der Waals surface area contributed by atoms with Gasteiger partial charge >= 0.3 is 0 Å². The molecule has 4 heterocycles. The van der Waals surface area contributed by atoms with E-state index in [1.807, 2.05) is 41.7 Å². The molecule has 1 N–H and O–H groups in total. The van der Waals surface area contributed by atoms with Crippen LogP contribution in [-0.4, -0.2) is 45.4 Å². The molecule has 1 aliphatic rings. The first-order valence-corrected chi connectivity index (χ1v) is 11.2. The van der Waals surface area contributed by atoms with Crippen molar-refractivity contribution >= 4 is 17.2 Å². The second-order valence-corrected chi connectivity index (χ2v) is 8.56. The maximum Gasteiger partial charge on any atom is 0.257 e. The summed E-state index contributed by atoms with van der Waals surface area (Å²) < 4.78 is 8.98. The topological polar surface area (TPSA) is 81.4 Å². The molecule has 9 heteroatoms. The number of hydrogen-bond donors (Lipinski definition) is 1. The summed E-state index contributed by atoms with van der Waals surface area (Å²) >= 11 is 1.59. The zero-order chi connectivity index (χ0) is 22.0. The van der Waals surface area contributed by atoms with E-state index < -0.39 is 0 Å². The predicted molar refractivity (Wildman–Crippen MR) is 120 cm³/mol. The highest BCUT2D eigenvalue weighted by Gasteiger charge is 2.25. The molecule has 3 aromatic rings. The van der Waals surface area contributed by atoms with Crippen molar-refractivity contribution in [2.24, 2.45) is 7.05 Å². The number of amides is 1. The molecule has 164 valence electrons. The van der Waals surface area contributed by atoms with Gasteiger partial charge in [0.15, 0.2) is 0 Å². The molecule has 1 aliphatic heterocycles. The molecular weight excluding hydrogens is 414 g/mol. The fraction of sp³-hybridized carbons (Fsp3) is 0.409. The molecule has 0 aliphatic carbocycles. The lowest BCUT2D eigenvalue weighted by Crippen LogP contribution is -2.31. The Balaban J connectivity index is 1.58. The molecule has 0 atom stereocenters. The van der Waals surface area contributed by atoms with Gasteiger partial charge < -0.3 is 14.6 Å². The van der Waals surface area contributed by atoms with Crippen LogP contribution in [0.25, 0.3) is 0 Å². The van der Waals surface area contributed by atoms with E-state index in [1.54, 1.807) is 15.9 Å². The molecule has 0 spiro atoms. The third-order valence-corrected chi connectivity index (χ3v) is 6.41. The van der Waals surface area contributed by atoms with Crippen molar-refractivity contribution in [1.29, 1.82) is 0 Å². The minimum Gasteiger partial charge on any atom is -0.496 e. The van der Waals surface area contributed by atoms with Crippen molar-refractivity contribution in [1.82, 2.24) is 24.6 Å². The first-order chi connectivity index (χ1) is 15.0. The number of pyridine rings is 1. The van der Waals surface area contributed by atoms with Crippen molar-refractivity contribution in [2.45, 2.75) is 33.0 Å². The Kier molecular flexibility index (Phi) is 6.24. The Morgan fingerprint density at radius 2 is 2.16 bits per heavy atom. The Labute approximate surface area is 185 Å². The van der Waals surface area contributed by atoms with Crippen LogP contribution in [0.4, 0.5) is 0 Å². The maximum atomic E-state index is 13.1. The lowest BCUT2D eigenvalue weighted by Gasteiger charge is -2.18.